The molecule has 1 atom stereocenters. The first-order chi connectivity index (χ1) is 9.16. The standard InChI is InChI=1S/C16H33NO2/c1-3-4-5-9-12-19-14-15(18)13-17-16(2)10-7-6-8-11-16/h15,17-18H,3-14H2,1-2H3. The van der Waals surface area contributed by atoms with Crippen molar-refractivity contribution in [2.75, 3.05) is 19.8 Å². The van der Waals surface area contributed by atoms with Gasteiger partial charge < -0.3 is 15.2 Å². The Labute approximate surface area is 119 Å². The van der Waals surface area contributed by atoms with Crippen molar-refractivity contribution >= 4 is 0 Å². The number of aliphatic hydroxyl groups is 1. The Bertz CT molecular complexity index is 215. The molecule has 0 aromatic carbocycles. The molecule has 1 fully saturated rings. The number of aliphatic hydroxyl groups excluding tert-OH is 1. The van der Waals surface area contributed by atoms with E-state index in [2.05, 4.69) is 19.2 Å². The van der Waals surface area contributed by atoms with Gasteiger partial charge in [-0.25, -0.2) is 0 Å². The summed E-state index contributed by atoms with van der Waals surface area (Å²) in [4.78, 5) is 0. The normalized spacial score (nSPS) is 20.4. The molecule has 0 spiro atoms. The van der Waals surface area contributed by atoms with Crippen LogP contribution in [0.25, 0.3) is 0 Å². The second kappa shape index (κ2) is 9.73. The van der Waals surface area contributed by atoms with Crippen LogP contribution in [0.5, 0.6) is 0 Å². The smallest absolute Gasteiger partial charge is 0.0897 e. The average Bonchev–Trinajstić information content (AvgIpc) is 2.41. The molecule has 1 unspecified atom stereocenters. The van der Waals surface area contributed by atoms with Crippen molar-refractivity contribution in [3.63, 3.8) is 0 Å². The summed E-state index contributed by atoms with van der Waals surface area (Å²) in [6, 6.07) is 0. The molecular formula is C16H33NO2. The van der Waals surface area contributed by atoms with Gasteiger partial charge in [0.1, 0.15) is 0 Å². The molecule has 3 heteroatoms. The van der Waals surface area contributed by atoms with Gasteiger partial charge in [-0.1, -0.05) is 45.4 Å². The van der Waals surface area contributed by atoms with Gasteiger partial charge in [-0.3, -0.25) is 0 Å². The minimum Gasteiger partial charge on any atom is -0.389 e. The van der Waals surface area contributed by atoms with Crippen molar-refractivity contribution in [3.05, 3.63) is 0 Å². The first-order valence-electron chi connectivity index (χ1n) is 8.17. The highest BCUT2D eigenvalue weighted by Crippen LogP contribution is 2.27. The molecule has 1 aliphatic carbocycles. The van der Waals surface area contributed by atoms with Crippen molar-refractivity contribution in [1.82, 2.24) is 5.32 Å². The van der Waals surface area contributed by atoms with E-state index in [-0.39, 0.29) is 11.6 Å². The Balaban J connectivity index is 1.99. The first-order valence-corrected chi connectivity index (χ1v) is 8.17. The molecule has 0 aromatic heterocycles. The fourth-order valence-electron chi connectivity index (χ4n) is 2.78. The highest BCUT2D eigenvalue weighted by molar-refractivity contribution is 4.86. The molecule has 0 heterocycles. The van der Waals surface area contributed by atoms with Crippen molar-refractivity contribution < 1.29 is 9.84 Å². The number of rotatable bonds is 10. The Morgan fingerprint density at radius 2 is 1.89 bits per heavy atom. The SMILES string of the molecule is CCCCCCOCC(O)CNC1(C)CCCCC1. The van der Waals surface area contributed by atoms with Crippen molar-refractivity contribution in [3.8, 4) is 0 Å². The number of hydrogen-bond acceptors (Lipinski definition) is 3. The number of hydrogen-bond donors (Lipinski definition) is 2. The number of nitrogens with one attached hydrogen (secondary N) is 1. The summed E-state index contributed by atoms with van der Waals surface area (Å²) in [5, 5.41) is 13.4. The van der Waals surface area contributed by atoms with Crippen LogP contribution in [-0.2, 0) is 4.74 Å². The van der Waals surface area contributed by atoms with Crippen LogP contribution in [0.15, 0.2) is 0 Å². The van der Waals surface area contributed by atoms with Crippen molar-refractivity contribution in [2.45, 2.75) is 83.3 Å². The van der Waals surface area contributed by atoms with E-state index in [0.717, 1.165) is 13.0 Å². The quantitative estimate of drug-likeness (QED) is 0.599. The first kappa shape index (κ1) is 16.9. The minimum atomic E-state index is -0.370. The van der Waals surface area contributed by atoms with Crippen molar-refractivity contribution in [1.29, 1.82) is 0 Å². The third-order valence-electron chi connectivity index (χ3n) is 4.17. The summed E-state index contributed by atoms with van der Waals surface area (Å²) in [5.41, 5.74) is 0.236. The molecule has 0 saturated heterocycles. The Morgan fingerprint density at radius 1 is 1.16 bits per heavy atom. The molecule has 1 aliphatic rings. The number of ether oxygens (including phenoxy) is 1. The maximum atomic E-state index is 9.91. The van der Waals surface area contributed by atoms with Crippen LogP contribution in [0.2, 0.25) is 0 Å². The molecule has 19 heavy (non-hydrogen) atoms. The van der Waals surface area contributed by atoms with E-state index in [1.807, 2.05) is 0 Å². The predicted molar refractivity (Wildman–Crippen MR) is 80.5 cm³/mol. The Morgan fingerprint density at radius 3 is 2.58 bits per heavy atom. The fourth-order valence-corrected chi connectivity index (χ4v) is 2.78. The Kier molecular flexibility index (Phi) is 8.67. The third-order valence-corrected chi connectivity index (χ3v) is 4.17. The molecule has 3 nitrogen and oxygen atoms in total. The third kappa shape index (κ3) is 7.91. The van der Waals surface area contributed by atoms with E-state index >= 15 is 0 Å². The van der Waals surface area contributed by atoms with E-state index < -0.39 is 0 Å². The molecule has 0 aliphatic heterocycles. The zero-order valence-corrected chi connectivity index (χ0v) is 12.9. The monoisotopic (exact) mass is 271 g/mol. The topological polar surface area (TPSA) is 41.5 Å². The van der Waals surface area contributed by atoms with E-state index in [1.165, 1.54) is 51.4 Å². The van der Waals surface area contributed by atoms with Gasteiger partial charge in [-0.15, -0.1) is 0 Å². The van der Waals surface area contributed by atoms with Gasteiger partial charge >= 0.3 is 0 Å². The molecular weight excluding hydrogens is 238 g/mol. The Hall–Kier alpha value is -0.120. The lowest BCUT2D eigenvalue weighted by molar-refractivity contribution is 0.0301. The molecule has 1 saturated carbocycles. The molecule has 0 bridgehead atoms. The second-order valence-corrected chi connectivity index (χ2v) is 6.29. The molecule has 1 rings (SSSR count). The van der Waals surface area contributed by atoms with Gasteiger partial charge in [-0.05, 0) is 26.2 Å². The van der Waals surface area contributed by atoms with E-state index in [1.54, 1.807) is 0 Å². The molecule has 0 amide bonds. The van der Waals surface area contributed by atoms with E-state index in [0.29, 0.717) is 13.2 Å². The highest BCUT2D eigenvalue weighted by atomic mass is 16.5. The largest absolute Gasteiger partial charge is 0.389 e. The van der Waals surface area contributed by atoms with Crippen LogP contribution in [0, 0.1) is 0 Å². The summed E-state index contributed by atoms with van der Waals surface area (Å²) in [6.45, 7) is 6.40. The maximum absolute atomic E-state index is 9.91. The van der Waals surface area contributed by atoms with E-state index in [4.69, 9.17) is 4.74 Å². The number of β-amino-alcohol motifs (C(OH)–C–C–N with tert-alkyl or cyclic N) is 1. The van der Waals surface area contributed by atoms with Crippen LogP contribution in [0.3, 0.4) is 0 Å². The van der Waals surface area contributed by atoms with Crippen molar-refractivity contribution in [2.24, 2.45) is 0 Å². The van der Waals surface area contributed by atoms with Gasteiger partial charge in [0.15, 0.2) is 0 Å². The molecule has 114 valence electrons. The van der Waals surface area contributed by atoms with Crippen LogP contribution in [-0.4, -0.2) is 36.5 Å². The molecule has 2 N–H and O–H groups in total. The summed E-state index contributed by atoms with van der Waals surface area (Å²) < 4.78 is 5.52. The van der Waals surface area contributed by atoms with Crippen LogP contribution in [0.4, 0.5) is 0 Å². The average molecular weight is 271 g/mol. The fraction of sp³-hybridized carbons (Fsp3) is 1.00. The lowest BCUT2D eigenvalue weighted by atomic mass is 9.83. The van der Waals surface area contributed by atoms with Crippen LogP contribution < -0.4 is 5.32 Å². The second-order valence-electron chi connectivity index (χ2n) is 6.29. The zero-order valence-electron chi connectivity index (χ0n) is 12.9. The minimum absolute atomic E-state index is 0.236. The van der Waals surface area contributed by atoms with Crippen LogP contribution >= 0.6 is 0 Å². The summed E-state index contributed by atoms with van der Waals surface area (Å²) >= 11 is 0. The summed E-state index contributed by atoms with van der Waals surface area (Å²) in [5.74, 6) is 0. The number of unbranched alkanes of at least 4 members (excludes halogenated alkanes) is 3. The summed E-state index contributed by atoms with van der Waals surface area (Å²) in [7, 11) is 0. The van der Waals surface area contributed by atoms with Gasteiger partial charge in [0.25, 0.3) is 0 Å². The summed E-state index contributed by atoms with van der Waals surface area (Å²) in [6.07, 6.45) is 11.0. The lowest BCUT2D eigenvalue weighted by Crippen LogP contribution is -2.47. The highest BCUT2D eigenvalue weighted by Gasteiger charge is 2.26. The van der Waals surface area contributed by atoms with Gasteiger partial charge in [0.2, 0.25) is 0 Å². The predicted octanol–water partition coefficient (Wildman–Crippen LogP) is 3.26. The molecule has 0 aromatic rings. The lowest BCUT2D eigenvalue weighted by Gasteiger charge is -2.35. The molecule has 0 radical (unpaired) electrons. The zero-order chi connectivity index (χ0) is 14.0. The van der Waals surface area contributed by atoms with Gasteiger partial charge in [0, 0.05) is 18.7 Å². The maximum Gasteiger partial charge on any atom is 0.0897 e. The van der Waals surface area contributed by atoms with Gasteiger partial charge in [-0.2, -0.15) is 0 Å². The van der Waals surface area contributed by atoms with Crippen LogP contribution in [0.1, 0.15) is 71.6 Å². The van der Waals surface area contributed by atoms with Gasteiger partial charge in [0.05, 0.1) is 12.7 Å². The van der Waals surface area contributed by atoms with E-state index in [9.17, 15) is 5.11 Å².